The average Bonchev–Trinajstić information content (AvgIpc) is 3.21. The number of fused-ring (bicyclic) bond motifs is 1. The molecule has 2 aliphatic rings. The molecular weight excluding hydrogens is 381 g/mol. The topological polar surface area (TPSA) is 52.7 Å². The van der Waals surface area contributed by atoms with E-state index in [1.54, 1.807) is 47.1 Å². The molecule has 2 aromatic carbocycles. The summed E-state index contributed by atoms with van der Waals surface area (Å²) in [7, 11) is 0. The minimum absolute atomic E-state index is 0.0270. The van der Waals surface area contributed by atoms with Crippen LogP contribution >= 0.6 is 11.6 Å². The molecule has 2 fully saturated rings. The van der Waals surface area contributed by atoms with Crippen molar-refractivity contribution < 1.29 is 14.0 Å². The molecule has 2 aromatic rings. The van der Waals surface area contributed by atoms with E-state index in [1.165, 1.54) is 12.1 Å². The number of halogens is 2. The van der Waals surface area contributed by atoms with Gasteiger partial charge in [-0.15, -0.1) is 0 Å². The summed E-state index contributed by atoms with van der Waals surface area (Å²) in [4.78, 5) is 28.4. The fraction of sp³-hybridized carbons (Fsp3) is 0.333. The van der Waals surface area contributed by atoms with Crippen molar-refractivity contribution in [2.45, 2.75) is 13.0 Å². The molecule has 2 heterocycles. The Balaban J connectivity index is 1.52. The van der Waals surface area contributed by atoms with Crippen LogP contribution in [0.25, 0.3) is 0 Å². The maximum Gasteiger partial charge on any atom is 0.321 e. The van der Waals surface area contributed by atoms with Crippen LogP contribution < -0.4 is 5.32 Å². The van der Waals surface area contributed by atoms with Crippen molar-refractivity contribution in [3.8, 4) is 0 Å². The average molecular weight is 402 g/mol. The zero-order chi connectivity index (χ0) is 19.8. The Bertz CT molecular complexity index is 905. The number of carbonyl (C=O) groups excluding carboxylic acids is 2. The summed E-state index contributed by atoms with van der Waals surface area (Å²) in [6, 6.07) is 13.0. The van der Waals surface area contributed by atoms with Gasteiger partial charge in [0.15, 0.2) is 0 Å². The fourth-order valence-corrected chi connectivity index (χ4v) is 4.51. The smallest absolute Gasteiger partial charge is 0.321 e. The Morgan fingerprint density at radius 1 is 1.11 bits per heavy atom. The lowest BCUT2D eigenvalue weighted by Gasteiger charge is -2.29. The van der Waals surface area contributed by atoms with Crippen molar-refractivity contribution in [1.29, 1.82) is 0 Å². The molecule has 0 spiro atoms. The molecule has 2 saturated heterocycles. The van der Waals surface area contributed by atoms with Gasteiger partial charge in [0.1, 0.15) is 5.82 Å². The molecule has 5 nitrogen and oxygen atoms in total. The minimum Gasteiger partial charge on any atom is -0.335 e. The molecular formula is C21H21ClFN3O2. The van der Waals surface area contributed by atoms with E-state index < -0.39 is 0 Å². The van der Waals surface area contributed by atoms with Crippen LogP contribution in [-0.4, -0.2) is 41.4 Å². The molecule has 3 atom stereocenters. The third-order valence-corrected chi connectivity index (χ3v) is 5.89. The highest BCUT2D eigenvalue weighted by Crippen LogP contribution is 2.45. The van der Waals surface area contributed by atoms with E-state index in [2.05, 4.69) is 5.32 Å². The first-order valence-corrected chi connectivity index (χ1v) is 9.64. The Hall–Kier alpha value is -2.60. The number of nitrogens with zero attached hydrogens (tertiary/aromatic N) is 2. The largest absolute Gasteiger partial charge is 0.335 e. The summed E-state index contributed by atoms with van der Waals surface area (Å²) < 4.78 is 13.8. The molecule has 28 heavy (non-hydrogen) atoms. The first kappa shape index (κ1) is 18.7. The number of anilines is 1. The van der Waals surface area contributed by atoms with E-state index in [0.29, 0.717) is 30.3 Å². The number of carbonyl (C=O) groups is 2. The van der Waals surface area contributed by atoms with Crippen LogP contribution in [0, 0.1) is 17.7 Å². The summed E-state index contributed by atoms with van der Waals surface area (Å²) in [5.41, 5.74) is 1.46. The third-order valence-electron chi connectivity index (χ3n) is 5.64. The SMILES string of the molecule is CC(=O)N1C[C@H]2CN(C(=O)Nc3ccc(Cl)cc3)C[C@H]2[C@H]1c1cccc(F)c1. The van der Waals surface area contributed by atoms with Crippen molar-refractivity contribution >= 4 is 29.2 Å². The van der Waals surface area contributed by atoms with Crippen LogP contribution in [-0.2, 0) is 4.79 Å². The highest BCUT2D eigenvalue weighted by atomic mass is 35.5. The van der Waals surface area contributed by atoms with E-state index in [9.17, 15) is 14.0 Å². The Labute approximate surface area is 168 Å². The zero-order valence-electron chi connectivity index (χ0n) is 15.4. The molecule has 4 rings (SSSR count). The van der Waals surface area contributed by atoms with Gasteiger partial charge in [-0.05, 0) is 42.0 Å². The maximum absolute atomic E-state index is 13.8. The lowest BCUT2D eigenvalue weighted by molar-refractivity contribution is -0.130. The van der Waals surface area contributed by atoms with Crippen LogP contribution in [0.5, 0.6) is 0 Å². The monoisotopic (exact) mass is 401 g/mol. The molecule has 3 amide bonds. The molecule has 0 radical (unpaired) electrons. The molecule has 2 aliphatic heterocycles. The van der Waals surface area contributed by atoms with Crippen molar-refractivity contribution in [3.05, 3.63) is 64.9 Å². The first-order valence-electron chi connectivity index (χ1n) is 9.26. The number of amides is 3. The molecule has 0 aliphatic carbocycles. The van der Waals surface area contributed by atoms with Gasteiger partial charge in [-0.3, -0.25) is 4.79 Å². The number of nitrogens with one attached hydrogen (secondary N) is 1. The van der Waals surface area contributed by atoms with E-state index in [-0.39, 0.29) is 35.6 Å². The van der Waals surface area contributed by atoms with Crippen LogP contribution in [0.2, 0.25) is 5.02 Å². The van der Waals surface area contributed by atoms with Crippen LogP contribution in [0.15, 0.2) is 48.5 Å². The predicted octanol–water partition coefficient (Wildman–Crippen LogP) is 4.16. The van der Waals surface area contributed by atoms with Crippen LogP contribution in [0.4, 0.5) is 14.9 Å². The van der Waals surface area contributed by atoms with Crippen molar-refractivity contribution in [2.24, 2.45) is 11.8 Å². The second kappa shape index (κ2) is 7.43. The van der Waals surface area contributed by atoms with Gasteiger partial charge in [0, 0.05) is 49.1 Å². The lowest BCUT2D eigenvalue weighted by Crippen LogP contribution is -2.38. The van der Waals surface area contributed by atoms with Gasteiger partial charge in [0.2, 0.25) is 5.91 Å². The van der Waals surface area contributed by atoms with Crippen molar-refractivity contribution in [2.75, 3.05) is 25.0 Å². The molecule has 0 bridgehead atoms. The second-order valence-electron chi connectivity index (χ2n) is 7.44. The highest BCUT2D eigenvalue weighted by Gasteiger charge is 2.49. The first-order chi connectivity index (χ1) is 13.4. The molecule has 0 saturated carbocycles. The van der Waals surface area contributed by atoms with Gasteiger partial charge in [-0.25, -0.2) is 9.18 Å². The van der Waals surface area contributed by atoms with Gasteiger partial charge in [-0.2, -0.15) is 0 Å². The minimum atomic E-state index is -0.320. The summed E-state index contributed by atoms with van der Waals surface area (Å²) in [5.74, 6) is -0.0876. The summed E-state index contributed by atoms with van der Waals surface area (Å²) >= 11 is 5.88. The Kier molecular flexibility index (Phi) is 4.98. The maximum atomic E-state index is 13.8. The standard InChI is InChI=1S/C21H21ClFN3O2/c1-13(27)26-11-15-10-25(21(28)24-18-7-5-16(22)6-8-18)12-19(15)20(26)14-3-2-4-17(23)9-14/h2-9,15,19-20H,10-12H2,1H3,(H,24,28)/t15-,19-,20-/m1/s1. The summed E-state index contributed by atoms with van der Waals surface area (Å²) in [6.07, 6.45) is 0. The van der Waals surface area contributed by atoms with E-state index >= 15 is 0 Å². The van der Waals surface area contributed by atoms with Crippen molar-refractivity contribution in [3.63, 3.8) is 0 Å². The third kappa shape index (κ3) is 3.56. The van der Waals surface area contributed by atoms with Crippen LogP contribution in [0.1, 0.15) is 18.5 Å². The number of likely N-dealkylation sites (tertiary alicyclic amines) is 2. The van der Waals surface area contributed by atoms with E-state index in [4.69, 9.17) is 11.6 Å². The van der Waals surface area contributed by atoms with Gasteiger partial charge < -0.3 is 15.1 Å². The second-order valence-corrected chi connectivity index (χ2v) is 7.87. The number of urea groups is 1. The van der Waals surface area contributed by atoms with Gasteiger partial charge in [-0.1, -0.05) is 23.7 Å². The normalized spacial score (nSPS) is 23.6. The fourth-order valence-electron chi connectivity index (χ4n) is 4.39. The van der Waals surface area contributed by atoms with Crippen molar-refractivity contribution in [1.82, 2.24) is 9.80 Å². The van der Waals surface area contributed by atoms with Gasteiger partial charge in [0.05, 0.1) is 6.04 Å². The number of hydrogen-bond acceptors (Lipinski definition) is 2. The molecule has 1 N–H and O–H groups in total. The Morgan fingerprint density at radius 3 is 2.54 bits per heavy atom. The van der Waals surface area contributed by atoms with Gasteiger partial charge in [0.25, 0.3) is 0 Å². The highest BCUT2D eigenvalue weighted by molar-refractivity contribution is 6.30. The lowest BCUT2D eigenvalue weighted by atomic mass is 9.89. The van der Waals surface area contributed by atoms with E-state index in [1.807, 2.05) is 6.07 Å². The summed E-state index contributed by atoms with van der Waals surface area (Å²) in [5, 5.41) is 3.49. The van der Waals surface area contributed by atoms with Crippen LogP contribution in [0.3, 0.4) is 0 Å². The zero-order valence-corrected chi connectivity index (χ0v) is 16.2. The number of hydrogen-bond donors (Lipinski definition) is 1. The van der Waals surface area contributed by atoms with Gasteiger partial charge >= 0.3 is 6.03 Å². The molecule has 146 valence electrons. The predicted molar refractivity (Wildman–Crippen MR) is 106 cm³/mol. The number of rotatable bonds is 2. The molecule has 0 aromatic heterocycles. The quantitative estimate of drug-likeness (QED) is 0.821. The Morgan fingerprint density at radius 2 is 1.86 bits per heavy atom. The molecule has 7 heteroatoms. The summed E-state index contributed by atoms with van der Waals surface area (Å²) in [6.45, 7) is 3.21. The van der Waals surface area contributed by atoms with E-state index in [0.717, 1.165) is 5.56 Å². The molecule has 0 unspecified atom stereocenters. The number of benzene rings is 2.